The van der Waals surface area contributed by atoms with Gasteiger partial charge >= 0.3 is 5.97 Å². The molecule has 3 nitrogen and oxygen atoms in total. The van der Waals surface area contributed by atoms with Gasteiger partial charge in [0, 0.05) is 11.5 Å². The van der Waals surface area contributed by atoms with Gasteiger partial charge < -0.3 is 4.74 Å². The van der Waals surface area contributed by atoms with Crippen LogP contribution in [0.4, 0.5) is 0 Å². The van der Waals surface area contributed by atoms with E-state index in [2.05, 4.69) is 13.2 Å². The van der Waals surface area contributed by atoms with Gasteiger partial charge in [-0.3, -0.25) is 9.59 Å². The SMILES string of the molecule is C=C(Cl)/C=C\C(=C)CC1(C(=O)OC)CCCC1=O. The fourth-order valence-corrected chi connectivity index (χ4v) is 2.32. The van der Waals surface area contributed by atoms with Crippen molar-refractivity contribution >= 4 is 23.4 Å². The lowest BCUT2D eigenvalue weighted by molar-refractivity contribution is -0.156. The van der Waals surface area contributed by atoms with Crippen molar-refractivity contribution in [2.75, 3.05) is 7.11 Å². The van der Waals surface area contributed by atoms with Crippen molar-refractivity contribution in [2.45, 2.75) is 25.7 Å². The number of halogens is 1. The van der Waals surface area contributed by atoms with Crippen molar-refractivity contribution in [2.24, 2.45) is 5.41 Å². The molecule has 0 bridgehead atoms. The van der Waals surface area contributed by atoms with Crippen LogP contribution in [0.5, 0.6) is 0 Å². The van der Waals surface area contributed by atoms with Crippen LogP contribution in [-0.4, -0.2) is 18.9 Å². The number of hydrogen-bond donors (Lipinski definition) is 0. The van der Waals surface area contributed by atoms with Crippen LogP contribution in [0.3, 0.4) is 0 Å². The quantitative estimate of drug-likeness (QED) is 0.437. The van der Waals surface area contributed by atoms with Gasteiger partial charge in [-0.05, 0) is 25.3 Å². The van der Waals surface area contributed by atoms with Gasteiger partial charge in [-0.2, -0.15) is 0 Å². The zero-order valence-electron chi connectivity index (χ0n) is 10.5. The average molecular weight is 269 g/mol. The van der Waals surface area contributed by atoms with Gasteiger partial charge in [0.05, 0.1) is 7.11 Å². The molecule has 0 N–H and O–H groups in total. The van der Waals surface area contributed by atoms with Crippen LogP contribution in [-0.2, 0) is 14.3 Å². The maximum absolute atomic E-state index is 12.0. The van der Waals surface area contributed by atoms with Gasteiger partial charge in [0.15, 0.2) is 5.78 Å². The summed E-state index contributed by atoms with van der Waals surface area (Å²) >= 11 is 5.61. The first-order valence-electron chi connectivity index (χ1n) is 5.74. The highest BCUT2D eigenvalue weighted by Gasteiger charge is 2.49. The molecule has 98 valence electrons. The molecular formula is C14H17ClO3. The zero-order chi connectivity index (χ0) is 13.8. The summed E-state index contributed by atoms with van der Waals surface area (Å²) < 4.78 is 4.77. The Kier molecular flexibility index (Phi) is 4.91. The standard InChI is InChI=1S/C14H17ClO3/c1-10(6-7-11(2)15)9-14(13(17)18-3)8-4-5-12(14)16/h6-7H,1-2,4-5,8-9H2,3H3/b7-6-. The molecule has 0 saturated heterocycles. The minimum atomic E-state index is -1.05. The fourth-order valence-electron chi connectivity index (χ4n) is 2.25. The highest BCUT2D eigenvalue weighted by molar-refractivity contribution is 6.30. The van der Waals surface area contributed by atoms with Crippen molar-refractivity contribution in [1.29, 1.82) is 0 Å². The third kappa shape index (κ3) is 3.10. The molecule has 0 amide bonds. The van der Waals surface area contributed by atoms with Crippen molar-refractivity contribution in [1.82, 2.24) is 0 Å². The van der Waals surface area contributed by atoms with Gasteiger partial charge in [0.25, 0.3) is 0 Å². The molecule has 1 aliphatic carbocycles. The Morgan fingerprint density at radius 1 is 1.50 bits per heavy atom. The van der Waals surface area contributed by atoms with Crippen molar-refractivity contribution in [3.05, 3.63) is 35.9 Å². The number of esters is 1. The first-order chi connectivity index (χ1) is 8.42. The molecule has 0 aromatic rings. The molecule has 1 saturated carbocycles. The van der Waals surface area contributed by atoms with Crippen LogP contribution in [0, 0.1) is 5.41 Å². The van der Waals surface area contributed by atoms with Gasteiger partial charge in [0.2, 0.25) is 0 Å². The second-order valence-electron chi connectivity index (χ2n) is 4.47. The number of ether oxygens (including phenoxy) is 1. The number of Topliss-reactive ketones (excluding diaryl/α,β-unsaturated/α-hetero) is 1. The summed E-state index contributed by atoms with van der Waals surface area (Å²) in [4.78, 5) is 23.8. The van der Waals surface area contributed by atoms with Crippen molar-refractivity contribution in [3.8, 4) is 0 Å². The summed E-state index contributed by atoms with van der Waals surface area (Å²) in [5, 5.41) is 0.376. The molecule has 0 spiro atoms. The average Bonchev–Trinajstić information content (AvgIpc) is 2.68. The number of rotatable bonds is 5. The minimum absolute atomic E-state index is 0.0615. The van der Waals surface area contributed by atoms with Crippen molar-refractivity contribution < 1.29 is 14.3 Å². The van der Waals surface area contributed by atoms with E-state index in [1.165, 1.54) is 7.11 Å². The minimum Gasteiger partial charge on any atom is -0.468 e. The smallest absolute Gasteiger partial charge is 0.319 e. The molecule has 0 aromatic heterocycles. The summed E-state index contributed by atoms with van der Waals surface area (Å²) in [7, 11) is 1.30. The molecule has 1 fully saturated rings. The summed E-state index contributed by atoms with van der Waals surface area (Å²) in [6, 6.07) is 0. The lowest BCUT2D eigenvalue weighted by Crippen LogP contribution is -2.36. The number of methoxy groups -OCH3 is 1. The maximum Gasteiger partial charge on any atom is 0.319 e. The number of hydrogen-bond acceptors (Lipinski definition) is 3. The molecular weight excluding hydrogens is 252 g/mol. The number of ketones is 1. The molecule has 0 radical (unpaired) electrons. The van der Waals surface area contributed by atoms with Crippen LogP contribution >= 0.6 is 11.6 Å². The third-order valence-electron chi connectivity index (χ3n) is 3.15. The zero-order valence-corrected chi connectivity index (χ0v) is 11.3. The maximum atomic E-state index is 12.0. The lowest BCUT2D eigenvalue weighted by Gasteiger charge is -2.24. The van der Waals surface area contributed by atoms with E-state index in [9.17, 15) is 9.59 Å². The normalized spacial score (nSPS) is 23.3. The third-order valence-corrected chi connectivity index (χ3v) is 3.27. The largest absolute Gasteiger partial charge is 0.468 e. The molecule has 0 aromatic carbocycles. The Balaban J connectivity index is 2.87. The topological polar surface area (TPSA) is 43.4 Å². The lowest BCUT2D eigenvalue weighted by atomic mass is 9.79. The van der Waals surface area contributed by atoms with Gasteiger partial charge in [-0.15, -0.1) is 0 Å². The van der Waals surface area contributed by atoms with Gasteiger partial charge in [-0.25, -0.2) is 0 Å². The van der Waals surface area contributed by atoms with E-state index in [1.807, 2.05) is 0 Å². The van der Waals surface area contributed by atoms with Crippen LogP contribution in [0.2, 0.25) is 0 Å². The van der Waals surface area contributed by atoms with E-state index in [1.54, 1.807) is 12.2 Å². The fraction of sp³-hybridized carbons (Fsp3) is 0.429. The Morgan fingerprint density at radius 2 is 2.17 bits per heavy atom. The number of carbonyl (C=O) groups excluding carboxylic acids is 2. The molecule has 0 aliphatic heterocycles. The number of allylic oxidation sites excluding steroid dienone is 4. The Hall–Kier alpha value is -1.35. The van der Waals surface area contributed by atoms with Crippen molar-refractivity contribution in [3.63, 3.8) is 0 Å². The van der Waals surface area contributed by atoms with Crippen LogP contribution < -0.4 is 0 Å². The molecule has 0 heterocycles. The van der Waals surface area contributed by atoms with E-state index in [0.717, 1.165) is 0 Å². The molecule has 1 aliphatic rings. The molecule has 18 heavy (non-hydrogen) atoms. The van der Waals surface area contributed by atoms with E-state index in [4.69, 9.17) is 16.3 Å². The Labute approximate surface area is 112 Å². The highest BCUT2D eigenvalue weighted by Crippen LogP contribution is 2.41. The summed E-state index contributed by atoms with van der Waals surface area (Å²) in [6.07, 6.45) is 5.20. The van der Waals surface area contributed by atoms with E-state index < -0.39 is 11.4 Å². The molecule has 4 heteroatoms. The first kappa shape index (κ1) is 14.7. The van der Waals surface area contributed by atoms with Crippen LogP contribution in [0.15, 0.2) is 35.9 Å². The molecule has 1 atom stereocenters. The Bertz CT molecular complexity index is 423. The van der Waals surface area contributed by atoms with E-state index >= 15 is 0 Å². The van der Waals surface area contributed by atoms with Gasteiger partial charge in [0.1, 0.15) is 5.41 Å². The van der Waals surface area contributed by atoms with E-state index in [0.29, 0.717) is 29.9 Å². The second kappa shape index (κ2) is 6.01. The molecule has 1 rings (SSSR count). The summed E-state index contributed by atoms with van der Waals surface area (Å²) in [6.45, 7) is 7.36. The van der Waals surface area contributed by atoms with Gasteiger partial charge in [-0.1, -0.05) is 36.4 Å². The molecule has 1 unspecified atom stereocenters. The monoisotopic (exact) mass is 268 g/mol. The summed E-state index contributed by atoms with van der Waals surface area (Å²) in [5.41, 5.74) is -0.387. The number of carbonyl (C=O) groups is 2. The van der Waals surface area contributed by atoms with Crippen LogP contribution in [0.1, 0.15) is 25.7 Å². The summed E-state index contributed by atoms with van der Waals surface area (Å²) in [5.74, 6) is -0.530. The highest BCUT2D eigenvalue weighted by atomic mass is 35.5. The van der Waals surface area contributed by atoms with Crippen LogP contribution in [0.25, 0.3) is 0 Å². The predicted molar refractivity (Wildman–Crippen MR) is 71.2 cm³/mol. The first-order valence-corrected chi connectivity index (χ1v) is 6.12. The second-order valence-corrected chi connectivity index (χ2v) is 4.95. The predicted octanol–water partition coefficient (Wildman–Crippen LogP) is 3.15. The Morgan fingerprint density at radius 3 is 2.61 bits per heavy atom. The van der Waals surface area contributed by atoms with E-state index in [-0.39, 0.29) is 12.2 Å².